The number of carbonyl (C=O) groups excluding carboxylic acids is 3. The van der Waals surface area contributed by atoms with Crippen LogP contribution in [-0.4, -0.2) is 95.9 Å². The van der Waals surface area contributed by atoms with Gasteiger partial charge in [0.1, 0.15) is 25.4 Å². The number of hydrogen-bond acceptors (Lipinski definition) is 14. The van der Waals surface area contributed by atoms with Gasteiger partial charge in [-0.05, 0) is 57.8 Å². The largest absolute Gasteiger partial charge is 0.472 e. The molecule has 5 atom stereocenters. The second-order valence-electron chi connectivity index (χ2n) is 20.1. The fourth-order valence-corrected chi connectivity index (χ4v) is 9.42. The van der Waals surface area contributed by atoms with Crippen LogP contribution in [-0.2, 0) is 55.8 Å². The SMILES string of the molecule is CC/C=C\C/C=C\C/C=C\C/C=C\C/C=C\C/C=C\CCC(=O)OCC(O)COP(=O)(O)OCC(O)COP(=O)(O)OCC(COC(=O)CCCCCCCCCCCCCCC)OC(=O)CCCCCCCCCCCCC. The van der Waals surface area contributed by atoms with Gasteiger partial charge >= 0.3 is 33.6 Å². The maximum atomic E-state index is 12.8. The van der Waals surface area contributed by atoms with Gasteiger partial charge in [-0.3, -0.25) is 32.5 Å². The Hall–Kier alpha value is -3.01. The van der Waals surface area contributed by atoms with E-state index in [1.807, 2.05) is 18.2 Å². The van der Waals surface area contributed by atoms with Crippen LogP contribution >= 0.6 is 15.6 Å². The number of phosphoric ester groups is 2. The molecule has 0 aromatic carbocycles. The Morgan fingerprint density at radius 2 is 0.671 bits per heavy atom. The molecule has 0 fully saturated rings. The molecule has 16 nitrogen and oxygen atoms in total. The Morgan fingerprint density at radius 3 is 1.06 bits per heavy atom. The Kier molecular flexibility index (Phi) is 53.4. The van der Waals surface area contributed by atoms with Crippen molar-refractivity contribution >= 4 is 33.6 Å². The van der Waals surface area contributed by atoms with Gasteiger partial charge in [-0.2, -0.15) is 0 Å². The lowest BCUT2D eigenvalue weighted by molar-refractivity contribution is -0.161. The zero-order valence-corrected chi connectivity index (χ0v) is 50.8. The third-order valence-electron chi connectivity index (χ3n) is 12.5. The van der Waals surface area contributed by atoms with E-state index in [2.05, 4.69) is 75.5 Å². The molecule has 0 radical (unpaired) electrons. The van der Waals surface area contributed by atoms with Crippen LogP contribution in [0.4, 0.5) is 0 Å². The quantitative estimate of drug-likeness (QED) is 0.0146. The molecule has 0 aliphatic carbocycles. The van der Waals surface area contributed by atoms with E-state index in [-0.39, 0.29) is 19.3 Å². The first-order chi connectivity index (χ1) is 38.2. The molecule has 0 aliphatic heterocycles. The van der Waals surface area contributed by atoms with Gasteiger partial charge in [-0.1, -0.05) is 235 Å². The number of hydrogen-bond donors (Lipinski definition) is 4. The van der Waals surface area contributed by atoms with Crippen molar-refractivity contribution in [2.75, 3.05) is 39.6 Å². The van der Waals surface area contributed by atoms with Crippen LogP contribution in [0.2, 0.25) is 0 Å². The molecule has 0 aromatic rings. The molecule has 0 saturated heterocycles. The number of aliphatic hydroxyl groups is 2. The molecule has 0 rings (SSSR count). The number of aliphatic hydroxyl groups excluding tert-OH is 2. The first-order valence-corrected chi connectivity index (χ1v) is 33.2. The van der Waals surface area contributed by atoms with Crippen LogP contribution in [0.5, 0.6) is 0 Å². The summed E-state index contributed by atoms with van der Waals surface area (Å²) in [6, 6.07) is 0. The lowest BCUT2D eigenvalue weighted by Gasteiger charge is -2.21. The summed E-state index contributed by atoms with van der Waals surface area (Å²) in [4.78, 5) is 58.0. The highest BCUT2D eigenvalue weighted by Crippen LogP contribution is 2.45. The number of carbonyl (C=O) groups is 3. The minimum absolute atomic E-state index is 0.0612. The van der Waals surface area contributed by atoms with E-state index in [9.17, 15) is 43.5 Å². The molecule has 0 amide bonds. The molecule has 0 aliphatic rings. The van der Waals surface area contributed by atoms with Gasteiger partial charge in [0.25, 0.3) is 0 Å². The molecular formula is C61H108O16P2. The van der Waals surface area contributed by atoms with Crippen molar-refractivity contribution < 1.29 is 75.8 Å². The molecule has 0 aromatic heterocycles. The van der Waals surface area contributed by atoms with Gasteiger partial charge in [0, 0.05) is 19.3 Å². The third-order valence-corrected chi connectivity index (χ3v) is 14.4. The van der Waals surface area contributed by atoms with E-state index < -0.39 is 91.5 Å². The van der Waals surface area contributed by atoms with E-state index >= 15 is 0 Å². The predicted molar refractivity (Wildman–Crippen MR) is 316 cm³/mol. The molecule has 458 valence electrons. The Balaban J connectivity index is 4.65. The summed E-state index contributed by atoms with van der Waals surface area (Å²) in [5.41, 5.74) is 0. The van der Waals surface area contributed by atoms with Gasteiger partial charge in [0.2, 0.25) is 0 Å². The van der Waals surface area contributed by atoms with Crippen molar-refractivity contribution in [1.29, 1.82) is 0 Å². The molecule has 79 heavy (non-hydrogen) atoms. The summed E-state index contributed by atoms with van der Waals surface area (Å²) >= 11 is 0. The zero-order valence-electron chi connectivity index (χ0n) is 49.0. The number of phosphoric acid groups is 2. The minimum atomic E-state index is -4.91. The van der Waals surface area contributed by atoms with Crippen molar-refractivity contribution in [3.05, 3.63) is 72.9 Å². The van der Waals surface area contributed by atoms with E-state index in [4.69, 9.17) is 32.3 Å². The molecule has 0 heterocycles. The summed E-state index contributed by atoms with van der Waals surface area (Å²) in [7, 11) is -9.77. The lowest BCUT2D eigenvalue weighted by atomic mass is 10.0. The van der Waals surface area contributed by atoms with Gasteiger partial charge in [-0.15, -0.1) is 0 Å². The number of ether oxygens (including phenoxy) is 3. The predicted octanol–water partition coefficient (Wildman–Crippen LogP) is 15.6. The Morgan fingerprint density at radius 1 is 0.367 bits per heavy atom. The maximum Gasteiger partial charge on any atom is 0.472 e. The van der Waals surface area contributed by atoms with E-state index in [1.165, 1.54) is 96.3 Å². The standard InChI is InChI=1S/C61H108O16P2/c1-4-7-10-13-16-19-22-24-25-26-27-28-29-31-34-35-38-41-44-47-59(64)71-50-56(62)51-73-78(67,68)74-52-57(63)53-75-79(69,70)76-55-58(77-61(66)49-46-43-40-37-32-21-18-15-12-9-6-3)54-72-60(65)48-45-42-39-36-33-30-23-20-17-14-11-8-5-2/h7,10,16,19,24-25,27-28,31,34,38,41,56-58,62-63H,4-6,8-9,11-15,17-18,20-23,26,29-30,32-33,35-37,39-40,42-55H2,1-3H3,(H,67,68)(H,69,70)/b10-7-,19-16-,25-24-,28-27-,34-31-,41-38-. The topological polar surface area (TPSA) is 231 Å². The van der Waals surface area contributed by atoms with E-state index in [0.717, 1.165) is 77.0 Å². The van der Waals surface area contributed by atoms with Crippen LogP contribution in [0.25, 0.3) is 0 Å². The lowest BCUT2D eigenvalue weighted by Crippen LogP contribution is -2.30. The van der Waals surface area contributed by atoms with Crippen molar-refractivity contribution in [1.82, 2.24) is 0 Å². The van der Waals surface area contributed by atoms with Gasteiger partial charge < -0.3 is 34.2 Å². The van der Waals surface area contributed by atoms with E-state index in [1.54, 1.807) is 0 Å². The second kappa shape index (κ2) is 55.5. The monoisotopic (exact) mass is 1160 g/mol. The van der Waals surface area contributed by atoms with Gasteiger partial charge in [0.05, 0.1) is 26.4 Å². The summed E-state index contributed by atoms with van der Waals surface area (Å²) in [5.74, 6) is -1.65. The average Bonchev–Trinajstić information content (AvgIpc) is 3.42. The number of esters is 3. The van der Waals surface area contributed by atoms with Crippen LogP contribution in [0, 0.1) is 0 Å². The fourth-order valence-electron chi connectivity index (χ4n) is 7.83. The van der Waals surface area contributed by atoms with Gasteiger partial charge in [-0.25, -0.2) is 9.13 Å². The van der Waals surface area contributed by atoms with E-state index in [0.29, 0.717) is 25.7 Å². The molecule has 0 bridgehead atoms. The summed E-state index contributed by atoms with van der Waals surface area (Å²) in [6.45, 7) is 2.44. The molecular weight excluding hydrogens is 1050 g/mol. The smallest absolute Gasteiger partial charge is 0.463 e. The third kappa shape index (κ3) is 56.6. The number of rotatable bonds is 57. The Labute approximate surface area is 477 Å². The van der Waals surface area contributed by atoms with Crippen LogP contribution in [0.15, 0.2) is 72.9 Å². The second-order valence-corrected chi connectivity index (χ2v) is 23.0. The molecule has 18 heteroatoms. The zero-order chi connectivity index (χ0) is 58.2. The first kappa shape index (κ1) is 76.0. The van der Waals surface area contributed by atoms with Crippen molar-refractivity contribution in [2.45, 2.75) is 257 Å². The maximum absolute atomic E-state index is 12.8. The first-order valence-electron chi connectivity index (χ1n) is 30.2. The minimum Gasteiger partial charge on any atom is -0.463 e. The van der Waals surface area contributed by atoms with Crippen LogP contribution < -0.4 is 0 Å². The molecule has 5 unspecified atom stereocenters. The van der Waals surface area contributed by atoms with Crippen molar-refractivity contribution in [3.63, 3.8) is 0 Å². The normalized spacial score (nSPS) is 15.0. The van der Waals surface area contributed by atoms with Crippen LogP contribution in [0.3, 0.4) is 0 Å². The molecule has 0 spiro atoms. The number of allylic oxidation sites excluding steroid dienone is 12. The highest BCUT2D eigenvalue weighted by Gasteiger charge is 2.29. The highest BCUT2D eigenvalue weighted by atomic mass is 31.2. The van der Waals surface area contributed by atoms with Crippen molar-refractivity contribution in [3.8, 4) is 0 Å². The molecule has 0 saturated carbocycles. The van der Waals surface area contributed by atoms with Crippen LogP contribution in [0.1, 0.15) is 239 Å². The molecule has 4 N–H and O–H groups in total. The summed E-state index contributed by atoms with van der Waals surface area (Å²) < 4.78 is 60.5. The summed E-state index contributed by atoms with van der Waals surface area (Å²) in [6.07, 6.45) is 54.2. The highest BCUT2D eigenvalue weighted by molar-refractivity contribution is 7.47. The van der Waals surface area contributed by atoms with Crippen molar-refractivity contribution in [2.24, 2.45) is 0 Å². The fraction of sp³-hybridized carbons (Fsp3) is 0.754. The number of unbranched alkanes of at least 4 members (excludes halogenated alkanes) is 22. The average molecular weight is 1160 g/mol. The summed E-state index contributed by atoms with van der Waals surface area (Å²) in [5, 5.41) is 20.4. The van der Waals surface area contributed by atoms with Gasteiger partial charge in [0.15, 0.2) is 6.10 Å². The Bertz CT molecular complexity index is 1750.